The number of ether oxygens (including phenoxy) is 1. The number of likely N-dealkylation sites (N-methyl/N-ethyl adjacent to an activating group) is 1. The minimum atomic E-state index is -0.732. The lowest BCUT2D eigenvalue weighted by atomic mass is 9.98. The van der Waals surface area contributed by atoms with E-state index in [0.29, 0.717) is 27.9 Å². The van der Waals surface area contributed by atoms with E-state index in [-0.39, 0.29) is 17.3 Å². The molecule has 2 saturated heterocycles. The van der Waals surface area contributed by atoms with Crippen LogP contribution in [0.3, 0.4) is 0 Å². The number of rotatable bonds is 4. The molecule has 9 nitrogen and oxygen atoms in total. The van der Waals surface area contributed by atoms with Gasteiger partial charge >= 0.3 is 6.09 Å². The lowest BCUT2D eigenvalue weighted by Gasteiger charge is -2.29. The quantitative estimate of drug-likeness (QED) is 0.444. The zero-order valence-electron chi connectivity index (χ0n) is 24.2. The van der Waals surface area contributed by atoms with Crippen LogP contribution < -0.4 is 9.80 Å². The lowest BCUT2D eigenvalue weighted by Crippen LogP contribution is -2.35. The summed E-state index contributed by atoms with van der Waals surface area (Å²) in [5.74, 6) is -0.194. The lowest BCUT2D eigenvalue weighted by molar-refractivity contribution is 0.0589. The van der Waals surface area contributed by atoms with Crippen LogP contribution in [0.15, 0.2) is 23.3 Å². The van der Waals surface area contributed by atoms with E-state index in [9.17, 15) is 10.1 Å². The van der Waals surface area contributed by atoms with Gasteiger partial charge in [-0.1, -0.05) is 6.08 Å². The molecule has 0 saturated carbocycles. The molecule has 1 N–H and O–H groups in total. The number of hydrogen-bond donors (Lipinski definition) is 1. The molecule has 1 aromatic carbocycles. The van der Waals surface area contributed by atoms with Gasteiger partial charge in [0.2, 0.25) is 0 Å². The number of likely N-dealkylation sites (tertiary alicyclic amines) is 1. The zero-order chi connectivity index (χ0) is 28.9. The van der Waals surface area contributed by atoms with Crippen molar-refractivity contribution >= 4 is 51.2 Å². The van der Waals surface area contributed by atoms with Crippen molar-refractivity contribution in [1.82, 2.24) is 14.9 Å². The number of aromatic amines is 1. The first-order valence-corrected chi connectivity index (χ1v) is 13.6. The molecule has 0 spiro atoms. The van der Waals surface area contributed by atoms with Gasteiger partial charge in [-0.2, -0.15) is 5.26 Å². The molecule has 2 aliphatic heterocycles. The van der Waals surface area contributed by atoms with Crippen LogP contribution in [0.4, 0.5) is 20.6 Å². The SMILES string of the molecule is C/C=C(\C=NC)c1cnc2[nH]c3c(N(C)C(=O)OC(C)(C)C)cc(F)c(C#N)c3c2c1N1CC[C@H]2CN(C)C[C@H]21. The normalized spacial score (nSPS) is 20.1. The number of nitrogens with zero attached hydrogens (tertiary/aromatic N) is 6. The van der Waals surface area contributed by atoms with E-state index in [1.807, 2.05) is 19.2 Å². The Morgan fingerprint density at radius 2 is 2.10 bits per heavy atom. The first-order valence-electron chi connectivity index (χ1n) is 13.6. The molecule has 2 fully saturated rings. The van der Waals surface area contributed by atoms with Crippen LogP contribution in [-0.4, -0.2) is 79.6 Å². The predicted octanol–water partition coefficient (Wildman–Crippen LogP) is 5.34. The fourth-order valence-corrected chi connectivity index (χ4v) is 6.17. The molecule has 0 unspecified atom stereocenters. The smallest absolute Gasteiger partial charge is 0.414 e. The second-order valence-corrected chi connectivity index (χ2v) is 11.7. The number of anilines is 2. The van der Waals surface area contributed by atoms with Gasteiger partial charge in [0.1, 0.15) is 23.1 Å². The largest absolute Gasteiger partial charge is 0.443 e. The molecule has 2 atom stereocenters. The van der Waals surface area contributed by atoms with E-state index in [0.717, 1.165) is 42.9 Å². The van der Waals surface area contributed by atoms with Crippen molar-refractivity contribution in [3.8, 4) is 6.07 Å². The maximum absolute atomic E-state index is 15.7. The third-order valence-electron chi connectivity index (χ3n) is 7.85. The fourth-order valence-electron chi connectivity index (χ4n) is 6.17. The number of pyridine rings is 1. The molecule has 5 rings (SSSR count). The van der Waals surface area contributed by atoms with Gasteiger partial charge in [-0.15, -0.1) is 0 Å². The summed E-state index contributed by atoms with van der Waals surface area (Å²) in [6, 6.07) is 3.57. The van der Waals surface area contributed by atoms with Crippen LogP contribution >= 0.6 is 0 Å². The summed E-state index contributed by atoms with van der Waals surface area (Å²) in [6.45, 7) is 10.0. The molecular weight excluding hydrogens is 509 g/mol. The van der Waals surface area contributed by atoms with E-state index in [4.69, 9.17) is 9.72 Å². The van der Waals surface area contributed by atoms with Gasteiger partial charge in [0, 0.05) is 69.2 Å². The van der Waals surface area contributed by atoms with Crippen molar-refractivity contribution in [3.63, 3.8) is 0 Å². The number of benzene rings is 1. The van der Waals surface area contributed by atoms with E-state index in [1.165, 1.54) is 18.0 Å². The number of nitriles is 1. The molecule has 210 valence electrons. The molecule has 1 amide bonds. The van der Waals surface area contributed by atoms with Crippen molar-refractivity contribution in [2.45, 2.75) is 45.8 Å². The number of carbonyl (C=O) groups is 1. The van der Waals surface area contributed by atoms with Gasteiger partial charge in [-0.05, 0) is 52.7 Å². The Kier molecular flexibility index (Phi) is 7.04. The third-order valence-corrected chi connectivity index (χ3v) is 7.85. The van der Waals surface area contributed by atoms with Crippen molar-refractivity contribution < 1.29 is 13.9 Å². The molecule has 4 heterocycles. The van der Waals surface area contributed by atoms with Crippen LogP contribution in [0.2, 0.25) is 0 Å². The minimum absolute atomic E-state index is 0.0896. The number of fused-ring (bicyclic) bond motifs is 4. The highest BCUT2D eigenvalue weighted by Gasteiger charge is 2.42. The van der Waals surface area contributed by atoms with Gasteiger partial charge in [0.05, 0.1) is 27.8 Å². The highest BCUT2D eigenvalue weighted by Crippen LogP contribution is 2.46. The molecule has 40 heavy (non-hydrogen) atoms. The molecule has 2 aromatic heterocycles. The Labute approximate surface area is 233 Å². The summed E-state index contributed by atoms with van der Waals surface area (Å²) in [7, 11) is 5.39. The van der Waals surface area contributed by atoms with E-state index in [1.54, 1.807) is 34.0 Å². The number of amides is 1. The molecule has 0 bridgehead atoms. The summed E-state index contributed by atoms with van der Waals surface area (Å²) < 4.78 is 21.2. The maximum Gasteiger partial charge on any atom is 0.414 e. The van der Waals surface area contributed by atoms with Gasteiger partial charge in [-0.3, -0.25) is 9.89 Å². The van der Waals surface area contributed by atoms with Gasteiger partial charge < -0.3 is 19.5 Å². The fraction of sp³-hybridized carbons (Fsp3) is 0.467. The summed E-state index contributed by atoms with van der Waals surface area (Å²) in [5, 5.41) is 11.2. The number of halogens is 1. The third kappa shape index (κ3) is 4.58. The predicted molar refractivity (Wildman–Crippen MR) is 158 cm³/mol. The number of H-pyrrole nitrogens is 1. The van der Waals surface area contributed by atoms with Crippen molar-refractivity contribution in [2.24, 2.45) is 10.9 Å². The van der Waals surface area contributed by atoms with Crippen LogP contribution in [0, 0.1) is 23.1 Å². The number of allylic oxidation sites excluding steroid dienone is 2. The number of hydrogen-bond acceptors (Lipinski definition) is 7. The second kappa shape index (κ2) is 10.2. The topological polar surface area (TPSA) is 101 Å². The Bertz CT molecular complexity index is 1590. The number of aliphatic imine (C=N–C) groups is 1. The first kappa shape index (κ1) is 27.6. The minimum Gasteiger partial charge on any atom is -0.443 e. The second-order valence-electron chi connectivity index (χ2n) is 11.7. The molecule has 10 heteroatoms. The van der Waals surface area contributed by atoms with Crippen molar-refractivity contribution in [3.05, 3.63) is 35.3 Å². The van der Waals surface area contributed by atoms with Crippen LogP contribution in [-0.2, 0) is 4.74 Å². The number of nitrogens with one attached hydrogen (secondary N) is 1. The zero-order valence-corrected chi connectivity index (χ0v) is 24.2. The Morgan fingerprint density at radius 1 is 1.35 bits per heavy atom. The molecule has 2 aliphatic rings. The number of carbonyl (C=O) groups excluding carboxylic acids is 1. The van der Waals surface area contributed by atoms with Gasteiger partial charge in [0.25, 0.3) is 0 Å². The van der Waals surface area contributed by atoms with Crippen molar-refractivity contribution in [2.75, 3.05) is 50.6 Å². The summed E-state index contributed by atoms with van der Waals surface area (Å²) >= 11 is 0. The highest BCUT2D eigenvalue weighted by atomic mass is 19.1. The Hall–Kier alpha value is -3.97. The van der Waals surface area contributed by atoms with Crippen LogP contribution in [0.5, 0.6) is 0 Å². The molecule has 3 aromatic rings. The average Bonchev–Trinajstić information content (AvgIpc) is 3.57. The monoisotopic (exact) mass is 545 g/mol. The van der Waals surface area contributed by atoms with Crippen LogP contribution in [0.1, 0.15) is 45.2 Å². The summed E-state index contributed by atoms with van der Waals surface area (Å²) in [5.41, 5.74) is 3.08. The Balaban J connectivity index is 1.85. The molecule has 0 radical (unpaired) electrons. The summed E-state index contributed by atoms with van der Waals surface area (Å²) in [6.07, 6.45) is 6.01. The molecular formula is C30H36FN7O2. The Morgan fingerprint density at radius 3 is 2.75 bits per heavy atom. The highest BCUT2D eigenvalue weighted by molar-refractivity contribution is 6.22. The average molecular weight is 546 g/mol. The first-order chi connectivity index (χ1) is 19.0. The van der Waals surface area contributed by atoms with E-state index >= 15 is 4.39 Å². The van der Waals surface area contributed by atoms with Crippen LogP contribution in [0.25, 0.3) is 27.5 Å². The van der Waals surface area contributed by atoms with E-state index < -0.39 is 17.5 Å². The number of aromatic nitrogens is 2. The standard InChI is InChI=1S/C30H36FN7O2/c1-8-17(13-33-5)20-14-34-28-25(27(20)38-10-9-18-15-36(6)16-23(18)38)24-19(12-32)21(31)11-22(26(24)35-28)37(7)29(39)40-30(2,3)4/h8,11,13-14,18,23H,9-10,15-16H2,1-7H3,(H,34,35)/b17-8+,33-13?/t18-,23+/m0/s1. The maximum atomic E-state index is 15.7. The van der Waals surface area contributed by atoms with Crippen molar-refractivity contribution in [1.29, 1.82) is 5.26 Å². The van der Waals surface area contributed by atoms with Gasteiger partial charge in [0.15, 0.2) is 0 Å². The van der Waals surface area contributed by atoms with Gasteiger partial charge in [-0.25, -0.2) is 14.2 Å². The molecule has 0 aliphatic carbocycles. The summed E-state index contributed by atoms with van der Waals surface area (Å²) in [4.78, 5) is 31.4. The van der Waals surface area contributed by atoms with E-state index in [2.05, 4.69) is 32.9 Å².